The Morgan fingerprint density at radius 1 is 1.12 bits per heavy atom. The van der Waals surface area contributed by atoms with Gasteiger partial charge in [-0.25, -0.2) is 14.4 Å². The van der Waals surface area contributed by atoms with Crippen molar-refractivity contribution in [3.63, 3.8) is 0 Å². The highest BCUT2D eigenvalue weighted by molar-refractivity contribution is 5.96. The lowest BCUT2D eigenvalue weighted by Gasteiger charge is -2.35. The number of nitrogens with one attached hydrogen (secondary N) is 2. The predicted molar refractivity (Wildman–Crippen MR) is 149 cm³/mol. The van der Waals surface area contributed by atoms with Gasteiger partial charge in [0.15, 0.2) is 11.4 Å². The van der Waals surface area contributed by atoms with Crippen molar-refractivity contribution in [2.75, 3.05) is 44.3 Å². The zero-order chi connectivity index (χ0) is 29.7. The molecule has 0 saturated carbocycles. The largest absolute Gasteiger partial charge is 0.491 e. The van der Waals surface area contributed by atoms with E-state index >= 15 is 0 Å². The lowest BCUT2D eigenvalue weighted by molar-refractivity contribution is -0.137. The highest BCUT2D eigenvalue weighted by atomic mass is 19.4. The van der Waals surface area contributed by atoms with E-state index in [2.05, 4.69) is 20.6 Å². The van der Waals surface area contributed by atoms with Gasteiger partial charge in [0, 0.05) is 37.6 Å². The van der Waals surface area contributed by atoms with Crippen LogP contribution in [0, 0.1) is 11.7 Å². The van der Waals surface area contributed by atoms with Crippen LogP contribution in [0.25, 0.3) is 11.3 Å². The van der Waals surface area contributed by atoms with E-state index in [1.165, 1.54) is 6.07 Å². The van der Waals surface area contributed by atoms with Crippen molar-refractivity contribution in [1.29, 1.82) is 0 Å². The Labute approximate surface area is 241 Å². The molecule has 1 amide bonds. The number of carbonyl (C=O) groups excluding carboxylic acids is 1. The summed E-state index contributed by atoms with van der Waals surface area (Å²) in [5, 5.41) is 6.25. The lowest BCUT2D eigenvalue weighted by Crippen LogP contribution is -2.37. The highest BCUT2D eigenvalue weighted by Crippen LogP contribution is 2.38. The number of ether oxygens (including phenoxy) is 2. The molecule has 0 spiro atoms. The van der Waals surface area contributed by atoms with E-state index in [9.17, 15) is 22.4 Å². The Morgan fingerprint density at radius 3 is 2.64 bits per heavy atom. The first kappa shape index (κ1) is 29.6. The second kappa shape index (κ2) is 12.9. The molecule has 5 rings (SSSR count). The molecule has 224 valence electrons. The van der Waals surface area contributed by atoms with Crippen LogP contribution in [0.2, 0.25) is 0 Å². The number of anilines is 1. The summed E-state index contributed by atoms with van der Waals surface area (Å²) in [5.41, 5.74) is 0.308. The molecule has 3 aromatic rings. The van der Waals surface area contributed by atoms with E-state index in [-0.39, 0.29) is 35.9 Å². The Balaban J connectivity index is 1.30. The van der Waals surface area contributed by atoms with E-state index in [1.807, 2.05) is 13.0 Å². The van der Waals surface area contributed by atoms with Crippen molar-refractivity contribution in [2.45, 2.75) is 38.4 Å². The third-order valence-electron chi connectivity index (χ3n) is 7.49. The van der Waals surface area contributed by atoms with Crippen molar-refractivity contribution >= 4 is 11.6 Å². The number of alkyl halides is 3. The van der Waals surface area contributed by atoms with Gasteiger partial charge in [-0.05, 0) is 81.1 Å². The van der Waals surface area contributed by atoms with Gasteiger partial charge in [0.1, 0.15) is 5.82 Å². The van der Waals surface area contributed by atoms with E-state index in [0.29, 0.717) is 68.0 Å². The molecule has 1 aromatic carbocycles. The fraction of sp³-hybridized carbons (Fsp3) is 0.433. The van der Waals surface area contributed by atoms with Crippen LogP contribution in [-0.4, -0.2) is 61.3 Å². The van der Waals surface area contributed by atoms with Crippen LogP contribution in [0.1, 0.15) is 42.2 Å². The van der Waals surface area contributed by atoms with Crippen molar-refractivity contribution in [3.05, 3.63) is 65.7 Å². The normalized spacial score (nSPS) is 17.7. The van der Waals surface area contributed by atoms with Crippen LogP contribution in [-0.2, 0) is 6.18 Å². The summed E-state index contributed by atoms with van der Waals surface area (Å²) in [4.78, 5) is 23.9. The Bertz CT molecular complexity index is 1390. The number of hydrogen-bond acceptors (Lipinski definition) is 7. The number of piperidine rings is 1. The van der Waals surface area contributed by atoms with Gasteiger partial charge in [-0.1, -0.05) is 0 Å². The van der Waals surface area contributed by atoms with Crippen LogP contribution >= 0.6 is 0 Å². The van der Waals surface area contributed by atoms with Gasteiger partial charge in [0.25, 0.3) is 5.91 Å². The van der Waals surface area contributed by atoms with Gasteiger partial charge >= 0.3 is 6.18 Å². The first-order chi connectivity index (χ1) is 20.2. The zero-order valence-electron chi connectivity index (χ0n) is 23.2. The number of halogens is 4. The molecular weight excluding hydrogens is 554 g/mol. The highest BCUT2D eigenvalue weighted by Gasteiger charge is 2.36. The number of nitrogens with zero attached hydrogens (tertiary/aromatic N) is 3. The first-order valence-corrected chi connectivity index (χ1v) is 14.1. The van der Waals surface area contributed by atoms with Crippen LogP contribution in [0.3, 0.4) is 0 Å². The summed E-state index contributed by atoms with van der Waals surface area (Å²) in [5.74, 6) is -0.490. The topological polar surface area (TPSA) is 88.6 Å². The van der Waals surface area contributed by atoms with E-state index < -0.39 is 17.6 Å². The number of carbonyl (C=O) groups is 1. The molecule has 2 aliphatic rings. The van der Waals surface area contributed by atoms with Gasteiger partial charge in [0.2, 0.25) is 5.88 Å². The predicted octanol–water partition coefficient (Wildman–Crippen LogP) is 5.09. The number of aromatic nitrogens is 2. The van der Waals surface area contributed by atoms with Crippen LogP contribution in [0.15, 0.2) is 48.7 Å². The Kier molecular flexibility index (Phi) is 9.10. The summed E-state index contributed by atoms with van der Waals surface area (Å²) < 4.78 is 65.9. The maximum Gasteiger partial charge on any atom is 0.418 e. The van der Waals surface area contributed by atoms with Crippen LogP contribution < -0.4 is 25.0 Å². The maximum atomic E-state index is 13.6. The molecule has 4 heterocycles. The number of rotatable bonds is 9. The number of hydrogen-bond donors (Lipinski definition) is 2. The van der Waals surface area contributed by atoms with Gasteiger partial charge in [-0.3, -0.25) is 4.79 Å². The molecule has 2 aliphatic heterocycles. The molecule has 8 nitrogen and oxygen atoms in total. The summed E-state index contributed by atoms with van der Waals surface area (Å²) in [7, 11) is 0. The number of benzene rings is 1. The molecule has 1 atom stereocenters. The average molecular weight is 588 g/mol. The van der Waals surface area contributed by atoms with Crippen molar-refractivity contribution in [2.24, 2.45) is 5.92 Å². The van der Waals surface area contributed by atoms with Gasteiger partial charge in [-0.15, -0.1) is 0 Å². The van der Waals surface area contributed by atoms with E-state index in [0.717, 1.165) is 19.0 Å². The van der Waals surface area contributed by atoms with E-state index in [1.54, 1.807) is 29.3 Å². The maximum absolute atomic E-state index is 13.6. The summed E-state index contributed by atoms with van der Waals surface area (Å²) in [6.07, 6.45) is -1.08. The summed E-state index contributed by atoms with van der Waals surface area (Å²) in [6, 6.07) is 9.80. The van der Waals surface area contributed by atoms with Gasteiger partial charge in [-0.2, -0.15) is 13.2 Å². The Hall–Kier alpha value is -3.93. The third-order valence-corrected chi connectivity index (χ3v) is 7.49. The molecule has 2 fully saturated rings. The number of pyridine rings is 2. The summed E-state index contributed by atoms with van der Waals surface area (Å²) >= 11 is 0. The monoisotopic (exact) mass is 587 g/mol. The summed E-state index contributed by atoms with van der Waals surface area (Å²) in [6.45, 7) is 4.76. The molecule has 0 bridgehead atoms. The molecule has 2 saturated heterocycles. The van der Waals surface area contributed by atoms with Crippen LogP contribution in [0.4, 0.5) is 23.2 Å². The second-order valence-corrected chi connectivity index (χ2v) is 10.4. The molecular formula is C30H33F4N5O3. The first-order valence-electron chi connectivity index (χ1n) is 14.1. The van der Waals surface area contributed by atoms with Gasteiger partial charge in [0.05, 0.1) is 30.0 Å². The standard InChI is InChI=1S/C30H33F4N5O3/c1-2-41-29-22(4-3-12-36-29)24-6-8-26(27(38-24)28(40)37-21-9-13-35-17-21)42-18-19-10-14-39(15-11-19)25-7-5-20(31)16-23(25)30(32,33)34/h3-8,12,16,19,21,35H,2,9-11,13-15,17-18H2,1H3,(H,37,40)/t21-/m1/s1. The van der Waals surface area contributed by atoms with Crippen molar-refractivity contribution in [3.8, 4) is 22.9 Å². The molecule has 42 heavy (non-hydrogen) atoms. The van der Waals surface area contributed by atoms with Gasteiger partial charge < -0.3 is 25.0 Å². The smallest absolute Gasteiger partial charge is 0.418 e. The molecule has 2 N–H and O–H groups in total. The minimum atomic E-state index is -4.65. The molecule has 0 unspecified atom stereocenters. The quantitative estimate of drug-likeness (QED) is 0.338. The molecule has 0 aliphatic carbocycles. The fourth-order valence-corrected chi connectivity index (χ4v) is 5.30. The molecule has 0 radical (unpaired) electrons. The van der Waals surface area contributed by atoms with E-state index in [4.69, 9.17) is 9.47 Å². The second-order valence-electron chi connectivity index (χ2n) is 10.4. The zero-order valence-corrected chi connectivity index (χ0v) is 23.2. The molecule has 12 heteroatoms. The minimum Gasteiger partial charge on any atom is -0.491 e. The SMILES string of the molecule is CCOc1ncccc1-c1ccc(OCC2CCN(c3ccc(F)cc3C(F)(F)F)CC2)c(C(=O)N[C@@H]2CCNC2)n1. The minimum absolute atomic E-state index is 0.0226. The lowest BCUT2D eigenvalue weighted by atomic mass is 9.96. The number of amides is 1. The van der Waals surface area contributed by atoms with Crippen LogP contribution in [0.5, 0.6) is 11.6 Å². The fourth-order valence-electron chi connectivity index (χ4n) is 5.30. The Morgan fingerprint density at radius 2 is 1.93 bits per heavy atom. The van der Waals surface area contributed by atoms with Crippen molar-refractivity contribution < 1.29 is 31.8 Å². The third kappa shape index (κ3) is 6.92. The molecule has 2 aromatic heterocycles. The average Bonchev–Trinajstić information content (AvgIpc) is 3.49. The van der Waals surface area contributed by atoms with Crippen molar-refractivity contribution in [1.82, 2.24) is 20.6 Å².